The molecular weight excluding hydrogens is 432 g/mol. The Bertz CT molecular complexity index is 679. The summed E-state index contributed by atoms with van der Waals surface area (Å²) >= 11 is 0. The molecular formula is C27H46N2O5. The molecule has 1 aromatic rings. The molecule has 1 aliphatic rings. The van der Waals surface area contributed by atoms with E-state index in [2.05, 4.69) is 22.3 Å². The third kappa shape index (κ3) is 11.5. The average Bonchev–Trinajstić information content (AvgIpc) is 2.87. The number of amides is 1. The largest absolute Gasteiger partial charge is 0.493 e. The van der Waals surface area contributed by atoms with Gasteiger partial charge in [-0.2, -0.15) is 0 Å². The predicted molar refractivity (Wildman–Crippen MR) is 136 cm³/mol. The Kier molecular flexibility index (Phi) is 14.7. The first-order valence-electron chi connectivity index (χ1n) is 13.0. The third-order valence-corrected chi connectivity index (χ3v) is 6.33. The standard InChI is InChI=1S/C27H46N2O5/c1-23(27(30)28-14-8-15-29-16-20-33-21-17-29)10-6-4-5-7-11-24-12-13-25(32-3)26(22-24)34-19-9-18-31-2/h12-13,22-23H,4-11,14-21H2,1-3H3,(H,28,30)/t23-/m1/s1. The molecule has 0 spiro atoms. The topological polar surface area (TPSA) is 69.3 Å². The number of carbonyl (C=O) groups is 1. The number of hydrogen-bond donors (Lipinski definition) is 1. The minimum atomic E-state index is 0.0859. The van der Waals surface area contributed by atoms with Crippen LogP contribution in [0.3, 0.4) is 0 Å². The van der Waals surface area contributed by atoms with Crippen LogP contribution in [0.15, 0.2) is 18.2 Å². The van der Waals surface area contributed by atoms with Crippen LogP contribution in [0.2, 0.25) is 0 Å². The van der Waals surface area contributed by atoms with Crippen LogP contribution in [0.4, 0.5) is 0 Å². The Labute approximate surface area is 206 Å². The molecule has 0 bridgehead atoms. The highest BCUT2D eigenvalue weighted by molar-refractivity contribution is 5.78. The van der Waals surface area contributed by atoms with Crippen molar-refractivity contribution in [1.29, 1.82) is 0 Å². The summed E-state index contributed by atoms with van der Waals surface area (Å²) in [7, 11) is 3.37. The van der Waals surface area contributed by atoms with Gasteiger partial charge in [0.25, 0.3) is 0 Å². The summed E-state index contributed by atoms with van der Waals surface area (Å²) < 4.78 is 21.7. The molecule has 1 aliphatic heterocycles. The van der Waals surface area contributed by atoms with Crippen LogP contribution in [0.5, 0.6) is 11.5 Å². The summed E-state index contributed by atoms with van der Waals surface area (Å²) in [5.41, 5.74) is 1.27. The molecule has 34 heavy (non-hydrogen) atoms. The number of nitrogens with zero attached hydrogens (tertiary/aromatic N) is 1. The van der Waals surface area contributed by atoms with Gasteiger partial charge >= 0.3 is 0 Å². The van der Waals surface area contributed by atoms with Crippen molar-refractivity contribution in [2.75, 3.05) is 66.8 Å². The maximum Gasteiger partial charge on any atom is 0.222 e. The third-order valence-electron chi connectivity index (χ3n) is 6.33. The number of methoxy groups -OCH3 is 2. The van der Waals surface area contributed by atoms with Crippen molar-refractivity contribution in [3.63, 3.8) is 0 Å². The second kappa shape index (κ2) is 17.6. The molecule has 0 unspecified atom stereocenters. The SMILES string of the molecule is COCCCOc1cc(CCCCCC[C@@H](C)C(=O)NCCCN2CCOCC2)ccc1OC. The second-order valence-electron chi connectivity index (χ2n) is 9.13. The van der Waals surface area contributed by atoms with Crippen LogP contribution < -0.4 is 14.8 Å². The fourth-order valence-corrected chi connectivity index (χ4v) is 4.15. The van der Waals surface area contributed by atoms with Gasteiger partial charge in [0, 0.05) is 45.7 Å². The van der Waals surface area contributed by atoms with E-state index >= 15 is 0 Å². The summed E-state index contributed by atoms with van der Waals surface area (Å²) in [5, 5.41) is 3.11. The van der Waals surface area contributed by atoms with E-state index in [0.717, 1.165) is 95.8 Å². The summed E-state index contributed by atoms with van der Waals surface area (Å²) in [5.74, 6) is 1.86. The molecule has 7 nitrogen and oxygen atoms in total. The van der Waals surface area contributed by atoms with Crippen LogP contribution in [-0.4, -0.2) is 77.6 Å². The van der Waals surface area contributed by atoms with Crippen LogP contribution >= 0.6 is 0 Å². The molecule has 1 amide bonds. The van der Waals surface area contributed by atoms with Crippen molar-refractivity contribution in [3.05, 3.63) is 23.8 Å². The van der Waals surface area contributed by atoms with Crippen molar-refractivity contribution in [2.45, 2.75) is 58.3 Å². The van der Waals surface area contributed by atoms with Gasteiger partial charge in [-0.25, -0.2) is 0 Å². The number of ether oxygens (including phenoxy) is 4. The van der Waals surface area contributed by atoms with Gasteiger partial charge in [0.15, 0.2) is 11.5 Å². The lowest BCUT2D eigenvalue weighted by atomic mass is 10.00. The van der Waals surface area contributed by atoms with Crippen LogP contribution in [-0.2, 0) is 20.7 Å². The van der Waals surface area contributed by atoms with E-state index in [-0.39, 0.29) is 11.8 Å². The molecule has 7 heteroatoms. The lowest BCUT2D eigenvalue weighted by Crippen LogP contribution is -2.38. The molecule has 1 aromatic carbocycles. The number of carbonyl (C=O) groups excluding carboxylic acids is 1. The van der Waals surface area contributed by atoms with Gasteiger partial charge in [-0.05, 0) is 49.9 Å². The molecule has 0 saturated carbocycles. The van der Waals surface area contributed by atoms with Gasteiger partial charge in [0.05, 0.1) is 26.9 Å². The number of morpholine rings is 1. The normalized spacial score (nSPS) is 15.1. The second-order valence-corrected chi connectivity index (χ2v) is 9.13. The molecule has 1 atom stereocenters. The zero-order chi connectivity index (χ0) is 24.4. The van der Waals surface area contributed by atoms with Gasteiger partial charge in [-0.15, -0.1) is 0 Å². The Balaban J connectivity index is 1.54. The van der Waals surface area contributed by atoms with Crippen molar-refractivity contribution in [2.24, 2.45) is 5.92 Å². The molecule has 1 saturated heterocycles. The molecule has 0 aliphatic carbocycles. The fraction of sp³-hybridized carbons (Fsp3) is 0.741. The van der Waals surface area contributed by atoms with Gasteiger partial charge in [-0.1, -0.05) is 32.3 Å². The molecule has 194 valence electrons. The summed E-state index contributed by atoms with van der Waals surface area (Å²) in [4.78, 5) is 14.7. The maximum atomic E-state index is 12.3. The zero-order valence-corrected chi connectivity index (χ0v) is 21.6. The highest BCUT2D eigenvalue weighted by Crippen LogP contribution is 2.29. The smallest absolute Gasteiger partial charge is 0.222 e. The Morgan fingerprint density at radius 3 is 2.59 bits per heavy atom. The molecule has 0 aromatic heterocycles. The lowest BCUT2D eigenvalue weighted by molar-refractivity contribution is -0.124. The highest BCUT2D eigenvalue weighted by Gasteiger charge is 2.13. The van der Waals surface area contributed by atoms with E-state index < -0.39 is 0 Å². The van der Waals surface area contributed by atoms with E-state index in [1.54, 1.807) is 14.2 Å². The van der Waals surface area contributed by atoms with Crippen molar-refractivity contribution in [1.82, 2.24) is 10.2 Å². The molecule has 0 radical (unpaired) electrons. The minimum Gasteiger partial charge on any atom is -0.493 e. The van der Waals surface area contributed by atoms with E-state index in [1.165, 1.54) is 12.0 Å². The zero-order valence-electron chi connectivity index (χ0n) is 21.6. The van der Waals surface area contributed by atoms with Crippen LogP contribution in [0.1, 0.15) is 57.4 Å². The van der Waals surface area contributed by atoms with E-state index in [9.17, 15) is 4.79 Å². The molecule has 1 N–H and O–H groups in total. The first-order valence-corrected chi connectivity index (χ1v) is 13.0. The quantitative estimate of drug-likeness (QED) is 0.321. The number of nitrogens with one attached hydrogen (secondary N) is 1. The predicted octanol–water partition coefficient (Wildman–Crippen LogP) is 4.08. The van der Waals surface area contributed by atoms with Gasteiger partial charge < -0.3 is 24.3 Å². The van der Waals surface area contributed by atoms with Crippen molar-refractivity contribution >= 4 is 5.91 Å². The summed E-state index contributed by atoms with van der Waals surface area (Å²) in [6, 6.07) is 6.20. The number of rotatable bonds is 18. The molecule has 1 heterocycles. The number of hydrogen-bond acceptors (Lipinski definition) is 6. The first-order chi connectivity index (χ1) is 16.6. The highest BCUT2D eigenvalue weighted by atomic mass is 16.5. The number of benzene rings is 1. The van der Waals surface area contributed by atoms with Crippen molar-refractivity contribution < 1.29 is 23.7 Å². The van der Waals surface area contributed by atoms with Crippen LogP contribution in [0.25, 0.3) is 0 Å². The van der Waals surface area contributed by atoms with Crippen molar-refractivity contribution in [3.8, 4) is 11.5 Å². The Hall–Kier alpha value is -1.83. The van der Waals surface area contributed by atoms with Gasteiger partial charge in [0.2, 0.25) is 5.91 Å². The van der Waals surface area contributed by atoms with Crippen LogP contribution in [0, 0.1) is 5.92 Å². The average molecular weight is 479 g/mol. The lowest BCUT2D eigenvalue weighted by Gasteiger charge is -2.26. The van der Waals surface area contributed by atoms with E-state index in [4.69, 9.17) is 18.9 Å². The number of aryl methyl sites for hydroxylation is 1. The first kappa shape index (κ1) is 28.4. The maximum absolute atomic E-state index is 12.3. The van der Waals surface area contributed by atoms with E-state index in [0.29, 0.717) is 13.2 Å². The summed E-state index contributed by atoms with van der Waals surface area (Å²) in [6.07, 6.45) is 8.40. The van der Waals surface area contributed by atoms with Gasteiger partial charge in [0.1, 0.15) is 0 Å². The van der Waals surface area contributed by atoms with E-state index in [1.807, 2.05) is 13.0 Å². The van der Waals surface area contributed by atoms with Gasteiger partial charge in [-0.3, -0.25) is 9.69 Å². The fourth-order valence-electron chi connectivity index (χ4n) is 4.15. The monoisotopic (exact) mass is 478 g/mol. The number of unbranched alkanes of at least 4 members (excludes halogenated alkanes) is 3. The Morgan fingerprint density at radius 1 is 1.03 bits per heavy atom. The Morgan fingerprint density at radius 2 is 1.82 bits per heavy atom. The molecule has 2 rings (SSSR count). The minimum absolute atomic E-state index is 0.0859. The molecule has 1 fully saturated rings. The summed E-state index contributed by atoms with van der Waals surface area (Å²) in [6.45, 7) is 8.82.